The van der Waals surface area contributed by atoms with Crippen molar-refractivity contribution in [3.63, 3.8) is 0 Å². The summed E-state index contributed by atoms with van der Waals surface area (Å²) in [4.78, 5) is 18.4. The topological polar surface area (TPSA) is 54.5 Å². The van der Waals surface area contributed by atoms with Gasteiger partial charge in [-0.2, -0.15) is 0 Å². The van der Waals surface area contributed by atoms with E-state index in [4.69, 9.17) is 4.74 Å². The zero-order valence-corrected chi connectivity index (χ0v) is 11.6. The molecule has 2 heterocycles. The van der Waals surface area contributed by atoms with E-state index in [-0.39, 0.29) is 12.0 Å². The van der Waals surface area contributed by atoms with Gasteiger partial charge in [0, 0.05) is 44.8 Å². The van der Waals surface area contributed by atoms with Gasteiger partial charge in [-0.15, -0.1) is 0 Å². The molecule has 0 bridgehead atoms. The van der Waals surface area contributed by atoms with Crippen LogP contribution in [0.25, 0.3) is 0 Å². The first kappa shape index (κ1) is 13.8. The fraction of sp³-hybridized carbons (Fsp3) is 0.571. The van der Waals surface area contributed by atoms with Gasteiger partial charge in [0.25, 0.3) is 5.91 Å². The summed E-state index contributed by atoms with van der Waals surface area (Å²) in [5.74, 6) is 0.00968. The van der Waals surface area contributed by atoms with Crippen LogP contribution in [0.5, 0.6) is 0 Å². The molecule has 0 aliphatic carbocycles. The Morgan fingerprint density at radius 2 is 2.47 bits per heavy atom. The second kappa shape index (κ2) is 6.52. The van der Waals surface area contributed by atoms with Crippen molar-refractivity contribution in [2.75, 3.05) is 32.1 Å². The lowest BCUT2D eigenvalue weighted by atomic mass is 10.1. The summed E-state index contributed by atoms with van der Waals surface area (Å²) in [6.07, 6.45) is 5.60. The minimum atomic E-state index is 0.00968. The van der Waals surface area contributed by atoms with Crippen molar-refractivity contribution in [3.8, 4) is 0 Å². The number of carbonyl (C=O) groups is 1. The van der Waals surface area contributed by atoms with Crippen molar-refractivity contribution >= 4 is 11.6 Å². The number of hydrogen-bond acceptors (Lipinski definition) is 4. The third kappa shape index (κ3) is 3.23. The number of aromatic nitrogens is 1. The van der Waals surface area contributed by atoms with Crippen LogP contribution in [0.1, 0.15) is 30.1 Å². The second-order valence-corrected chi connectivity index (χ2v) is 4.65. The number of amides is 1. The maximum absolute atomic E-state index is 12.5. The van der Waals surface area contributed by atoms with Gasteiger partial charge in [-0.05, 0) is 25.8 Å². The van der Waals surface area contributed by atoms with E-state index in [2.05, 4.69) is 10.3 Å². The Morgan fingerprint density at radius 3 is 3.11 bits per heavy atom. The van der Waals surface area contributed by atoms with Gasteiger partial charge in [-0.25, -0.2) is 0 Å². The number of pyridine rings is 1. The number of ether oxygens (including phenoxy) is 1. The van der Waals surface area contributed by atoms with Crippen LogP contribution < -0.4 is 5.32 Å². The average molecular weight is 263 g/mol. The van der Waals surface area contributed by atoms with E-state index in [0.29, 0.717) is 18.7 Å². The number of anilines is 1. The Labute approximate surface area is 114 Å². The van der Waals surface area contributed by atoms with E-state index in [1.54, 1.807) is 12.4 Å². The van der Waals surface area contributed by atoms with Crippen LogP contribution in [0, 0.1) is 0 Å². The predicted octanol–water partition coefficient (Wildman–Crippen LogP) is 1.76. The molecule has 1 aliphatic rings. The minimum Gasteiger partial charge on any atom is -0.387 e. The maximum atomic E-state index is 12.5. The Balaban J connectivity index is 2.10. The first-order valence-electron chi connectivity index (χ1n) is 6.79. The van der Waals surface area contributed by atoms with Crippen LogP contribution in [0.2, 0.25) is 0 Å². The molecule has 1 saturated heterocycles. The molecule has 0 saturated carbocycles. The largest absolute Gasteiger partial charge is 0.387 e. The number of likely N-dealkylation sites (N-methyl/N-ethyl adjacent to an activating group) is 1. The van der Waals surface area contributed by atoms with Gasteiger partial charge < -0.3 is 15.0 Å². The number of nitrogens with one attached hydrogen (secondary N) is 1. The fourth-order valence-electron chi connectivity index (χ4n) is 2.34. The standard InChI is InChI=1S/C14H21N3O2/c1-3-17(10-11-5-4-8-19-11)14(18)12-9-16-7-6-13(12)15-2/h6-7,9,11H,3-5,8,10H2,1-2H3,(H,15,16). The molecular weight excluding hydrogens is 242 g/mol. The summed E-state index contributed by atoms with van der Waals surface area (Å²) in [7, 11) is 1.81. The number of nitrogens with zero attached hydrogens (tertiary/aromatic N) is 2. The molecule has 1 N–H and O–H groups in total. The van der Waals surface area contributed by atoms with Gasteiger partial charge in [0.15, 0.2) is 0 Å². The third-order valence-electron chi connectivity index (χ3n) is 3.44. The van der Waals surface area contributed by atoms with E-state index in [0.717, 1.165) is 25.1 Å². The molecule has 0 radical (unpaired) electrons. The molecule has 0 aromatic carbocycles. The van der Waals surface area contributed by atoms with Gasteiger partial charge in [-0.1, -0.05) is 0 Å². The predicted molar refractivity (Wildman–Crippen MR) is 74.3 cm³/mol. The molecule has 104 valence electrons. The van der Waals surface area contributed by atoms with Gasteiger partial charge in [0.05, 0.1) is 11.7 Å². The van der Waals surface area contributed by atoms with Crippen LogP contribution in [0.15, 0.2) is 18.5 Å². The summed E-state index contributed by atoms with van der Waals surface area (Å²) in [6.45, 7) is 4.14. The van der Waals surface area contributed by atoms with Gasteiger partial charge in [0.2, 0.25) is 0 Å². The lowest BCUT2D eigenvalue weighted by molar-refractivity contribution is 0.0539. The highest BCUT2D eigenvalue weighted by Gasteiger charge is 2.23. The quantitative estimate of drug-likeness (QED) is 0.879. The number of rotatable bonds is 5. The fourth-order valence-corrected chi connectivity index (χ4v) is 2.34. The Hall–Kier alpha value is -1.62. The highest BCUT2D eigenvalue weighted by molar-refractivity contribution is 5.99. The second-order valence-electron chi connectivity index (χ2n) is 4.65. The zero-order valence-electron chi connectivity index (χ0n) is 11.6. The molecule has 0 spiro atoms. The molecule has 1 aromatic heterocycles. The highest BCUT2D eigenvalue weighted by atomic mass is 16.5. The van der Waals surface area contributed by atoms with E-state index in [9.17, 15) is 4.79 Å². The molecule has 1 aromatic rings. The highest BCUT2D eigenvalue weighted by Crippen LogP contribution is 2.18. The Bertz CT molecular complexity index is 430. The van der Waals surface area contributed by atoms with Crippen molar-refractivity contribution in [3.05, 3.63) is 24.0 Å². The van der Waals surface area contributed by atoms with E-state index < -0.39 is 0 Å². The van der Waals surface area contributed by atoms with Crippen molar-refractivity contribution in [1.82, 2.24) is 9.88 Å². The van der Waals surface area contributed by atoms with E-state index in [1.165, 1.54) is 0 Å². The molecule has 1 unspecified atom stereocenters. The lowest BCUT2D eigenvalue weighted by Crippen LogP contribution is -2.37. The van der Waals surface area contributed by atoms with Crippen molar-refractivity contribution < 1.29 is 9.53 Å². The van der Waals surface area contributed by atoms with Gasteiger partial charge >= 0.3 is 0 Å². The third-order valence-corrected chi connectivity index (χ3v) is 3.44. The van der Waals surface area contributed by atoms with Crippen LogP contribution in [-0.2, 0) is 4.74 Å². The summed E-state index contributed by atoms with van der Waals surface area (Å²) in [5, 5.41) is 3.03. The zero-order chi connectivity index (χ0) is 13.7. The van der Waals surface area contributed by atoms with Crippen molar-refractivity contribution in [1.29, 1.82) is 0 Å². The van der Waals surface area contributed by atoms with Gasteiger partial charge in [0.1, 0.15) is 0 Å². The van der Waals surface area contributed by atoms with Crippen LogP contribution in [0.3, 0.4) is 0 Å². The van der Waals surface area contributed by atoms with Crippen LogP contribution in [-0.4, -0.2) is 48.6 Å². The van der Waals surface area contributed by atoms with Crippen LogP contribution in [0.4, 0.5) is 5.69 Å². The Kier molecular flexibility index (Phi) is 4.74. The molecule has 1 fully saturated rings. The molecular formula is C14H21N3O2. The Morgan fingerprint density at radius 1 is 1.63 bits per heavy atom. The van der Waals surface area contributed by atoms with E-state index >= 15 is 0 Å². The van der Waals surface area contributed by atoms with Crippen LogP contribution >= 0.6 is 0 Å². The monoisotopic (exact) mass is 263 g/mol. The molecule has 19 heavy (non-hydrogen) atoms. The summed E-state index contributed by atoms with van der Waals surface area (Å²) < 4.78 is 5.60. The molecule has 1 amide bonds. The lowest BCUT2D eigenvalue weighted by Gasteiger charge is -2.24. The summed E-state index contributed by atoms with van der Waals surface area (Å²) in [6, 6.07) is 1.81. The molecule has 1 atom stereocenters. The SMILES string of the molecule is CCN(CC1CCCO1)C(=O)c1cnccc1NC. The number of hydrogen-bond donors (Lipinski definition) is 1. The average Bonchev–Trinajstić information content (AvgIpc) is 2.97. The molecule has 5 heteroatoms. The van der Waals surface area contributed by atoms with Gasteiger partial charge in [-0.3, -0.25) is 9.78 Å². The molecule has 1 aliphatic heterocycles. The first-order chi connectivity index (χ1) is 9.26. The van der Waals surface area contributed by atoms with Crippen molar-refractivity contribution in [2.24, 2.45) is 0 Å². The van der Waals surface area contributed by atoms with E-state index in [1.807, 2.05) is 24.9 Å². The van der Waals surface area contributed by atoms with Crippen molar-refractivity contribution in [2.45, 2.75) is 25.9 Å². The summed E-state index contributed by atoms with van der Waals surface area (Å²) in [5.41, 5.74) is 1.43. The number of carbonyl (C=O) groups excluding carboxylic acids is 1. The maximum Gasteiger partial charge on any atom is 0.257 e. The summed E-state index contributed by atoms with van der Waals surface area (Å²) >= 11 is 0. The first-order valence-corrected chi connectivity index (χ1v) is 6.79. The minimum absolute atomic E-state index is 0.00968. The molecule has 5 nitrogen and oxygen atoms in total. The smallest absolute Gasteiger partial charge is 0.257 e. The molecule has 2 rings (SSSR count). The normalized spacial score (nSPS) is 18.3.